The molecule has 2 fully saturated rings. The molecule has 1 atom stereocenters. The number of aryl methyl sites for hydroxylation is 2. The minimum atomic E-state index is -1.15. The predicted molar refractivity (Wildman–Crippen MR) is 178 cm³/mol. The van der Waals surface area contributed by atoms with Crippen molar-refractivity contribution in [2.45, 2.75) is 109 Å². The molecule has 6 rings (SSSR count). The van der Waals surface area contributed by atoms with Gasteiger partial charge in [0.15, 0.2) is 0 Å². The van der Waals surface area contributed by atoms with Crippen LogP contribution in [0.4, 0.5) is 4.79 Å². The maximum atomic E-state index is 12.5. The lowest BCUT2D eigenvalue weighted by atomic mass is 9.91. The fourth-order valence-electron chi connectivity index (χ4n) is 7.35. The largest absolute Gasteiger partial charge is 0.508 e. The highest BCUT2D eigenvalue weighted by Gasteiger charge is 2.30. The Morgan fingerprint density at radius 1 is 0.800 bits per heavy atom. The summed E-state index contributed by atoms with van der Waals surface area (Å²) in [5.74, 6) is -1.12. The molecule has 3 aromatic carbocycles. The third-order valence-electron chi connectivity index (χ3n) is 9.70. The van der Waals surface area contributed by atoms with Crippen LogP contribution in [0.15, 0.2) is 60.7 Å². The molecule has 3 aliphatic carbocycles. The summed E-state index contributed by atoms with van der Waals surface area (Å²) >= 11 is 0. The first-order valence-electron chi connectivity index (χ1n) is 16.7. The van der Waals surface area contributed by atoms with Crippen LogP contribution in [0.1, 0.15) is 97.9 Å². The molecule has 7 heteroatoms. The Morgan fingerprint density at radius 2 is 1.29 bits per heavy atom. The zero-order valence-electron chi connectivity index (χ0n) is 26.7. The number of phenolic OH excluding ortho intramolecular Hbond substituents is 1. The molecule has 2 saturated carbocycles. The summed E-state index contributed by atoms with van der Waals surface area (Å²) in [6.45, 7) is 3.71. The highest BCUT2D eigenvalue weighted by Crippen LogP contribution is 2.44. The van der Waals surface area contributed by atoms with Crippen molar-refractivity contribution < 1.29 is 24.5 Å². The van der Waals surface area contributed by atoms with Gasteiger partial charge in [-0.05, 0) is 90.6 Å². The molecule has 240 valence electrons. The van der Waals surface area contributed by atoms with Crippen LogP contribution in [-0.4, -0.2) is 47.0 Å². The smallest absolute Gasteiger partial charge is 0.407 e. The summed E-state index contributed by atoms with van der Waals surface area (Å²) in [6.07, 6.45) is 13.9. The van der Waals surface area contributed by atoms with E-state index >= 15 is 0 Å². The molecular formula is C38H48N2O5. The zero-order chi connectivity index (χ0) is 31.8. The molecule has 0 aromatic heterocycles. The van der Waals surface area contributed by atoms with Crippen molar-refractivity contribution in [2.75, 3.05) is 6.61 Å². The van der Waals surface area contributed by atoms with E-state index in [9.17, 15) is 19.8 Å². The van der Waals surface area contributed by atoms with Gasteiger partial charge < -0.3 is 25.6 Å². The highest BCUT2D eigenvalue weighted by atomic mass is 16.5. The number of rotatable bonds is 8. The van der Waals surface area contributed by atoms with Gasteiger partial charge in [-0.2, -0.15) is 0 Å². The molecule has 0 spiro atoms. The van der Waals surface area contributed by atoms with Gasteiger partial charge in [0.25, 0.3) is 0 Å². The fourth-order valence-corrected chi connectivity index (χ4v) is 7.35. The first kappa shape index (κ1) is 32.6. The highest BCUT2D eigenvalue weighted by molar-refractivity contribution is 5.81. The Morgan fingerprint density at radius 3 is 1.78 bits per heavy atom. The Hall–Kier alpha value is -3.84. The molecule has 0 saturated heterocycles. The van der Waals surface area contributed by atoms with Crippen LogP contribution in [0.25, 0.3) is 11.1 Å². The molecule has 1 amide bonds. The average Bonchev–Trinajstić information content (AvgIpc) is 3.36. The van der Waals surface area contributed by atoms with Crippen LogP contribution in [0, 0.1) is 13.8 Å². The van der Waals surface area contributed by atoms with Gasteiger partial charge in [-0.15, -0.1) is 0 Å². The third-order valence-corrected chi connectivity index (χ3v) is 9.70. The van der Waals surface area contributed by atoms with Gasteiger partial charge in [0, 0.05) is 24.4 Å². The molecule has 45 heavy (non-hydrogen) atoms. The average molecular weight is 613 g/mol. The molecule has 0 bridgehead atoms. The quantitative estimate of drug-likeness (QED) is 0.207. The molecule has 7 nitrogen and oxygen atoms in total. The lowest BCUT2D eigenvalue weighted by Gasteiger charge is -2.30. The number of carbonyl (C=O) groups is 2. The van der Waals surface area contributed by atoms with E-state index in [0.29, 0.717) is 0 Å². The first-order chi connectivity index (χ1) is 21.8. The Kier molecular flexibility index (Phi) is 11.2. The summed E-state index contributed by atoms with van der Waals surface area (Å²) in [5, 5.41) is 25.7. The number of carboxylic acids is 1. The van der Waals surface area contributed by atoms with Gasteiger partial charge in [-0.25, -0.2) is 9.59 Å². The van der Waals surface area contributed by atoms with Crippen molar-refractivity contribution >= 4 is 12.1 Å². The predicted octanol–water partition coefficient (Wildman–Crippen LogP) is 7.78. The van der Waals surface area contributed by atoms with E-state index in [4.69, 9.17) is 4.74 Å². The number of aliphatic carboxylic acids is 1. The summed E-state index contributed by atoms with van der Waals surface area (Å²) in [4.78, 5) is 24.3. The fraction of sp³-hybridized carbons (Fsp3) is 0.474. The van der Waals surface area contributed by atoms with Crippen LogP contribution in [0.3, 0.4) is 0 Å². The molecule has 0 aliphatic heterocycles. The summed E-state index contributed by atoms with van der Waals surface area (Å²) in [7, 11) is 0. The number of carbonyl (C=O) groups excluding carboxylic acids is 1. The number of hydrogen-bond donors (Lipinski definition) is 4. The van der Waals surface area contributed by atoms with Crippen molar-refractivity contribution in [1.29, 1.82) is 0 Å². The van der Waals surface area contributed by atoms with Gasteiger partial charge in [0.05, 0.1) is 0 Å². The van der Waals surface area contributed by atoms with Crippen molar-refractivity contribution in [3.8, 4) is 16.9 Å². The molecular weight excluding hydrogens is 564 g/mol. The number of alkyl carbamates (subject to hydrolysis) is 1. The monoisotopic (exact) mass is 612 g/mol. The van der Waals surface area contributed by atoms with Gasteiger partial charge in [-0.1, -0.05) is 87.1 Å². The normalized spacial score (nSPS) is 17.4. The number of amides is 1. The Bertz CT molecular complexity index is 1370. The van der Waals surface area contributed by atoms with E-state index in [1.165, 1.54) is 64.2 Å². The lowest BCUT2D eigenvalue weighted by Crippen LogP contribution is -2.43. The molecule has 3 aromatic rings. The van der Waals surface area contributed by atoms with Gasteiger partial charge in [0.1, 0.15) is 18.4 Å². The van der Waals surface area contributed by atoms with E-state index < -0.39 is 18.1 Å². The summed E-state index contributed by atoms with van der Waals surface area (Å²) < 4.78 is 5.48. The maximum Gasteiger partial charge on any atom is 0.407 e. The van der Waals surface area contributed by atoms with E-state index in [-0.39, 0.29) is 24.7 Å². The number of aromatic hydroxyl groups is 1. The topological polar surface area (TPSA) is 108 Å². The van der Waals surface area contributed by atoms with Crippen LogP contribution < -0.4 is 10.6 Å². The van der Waals surface area contributed by atoms with Crippen LogP contribution in [0.5, 0.6) is 5.75 Å². The van der Waals surface area contributed by atoms with E-state index in [1.807, 2.05) is 36.4 Å². The molecule has 0 unspecified atom stereocenters. The number of hydrogen-bond acceptors (Lipinski definition) is 5. The Labute approximate surface area is 267 Å². The van der Waals surface area contributed by atoms with Gasteiger partial charge >= 0.3 is 12.1 Å². The second kappa shape index (κ2) is 15.4. The van der Waals surface area contributed by atoms with Crippen LogP contribution in [-0.2, 0) is 16.0 Å². The lowest BCUT2D eigenvalue weighted by molar-refractivity contribution is -0.139. The standard InChI is InChI=1S/C26H25NO5.C12H23N/c1-15-11-17(28)12-16(2)22(15)13-24(25(29)30)27-26(31)32-14-23-20-9-5-3-7-18(20)19-8-4-6-10-21(19)23;1-3-7-11(8-4-1)13-12-9-5-2-6-10-12/h3-12,23-24,28H,13-14H2,1-2H3,(H,27,31)(H,29,30);11-13H,1-10H2/t24-;/m1./s1. The molecule has 3 aliphatic rings. The zero-order valence-corrected chi connectivity index (χ0v) is 26.7. The Balaban J connectivity index is 0.000000256. The number of ether oxygens (including phenoxy) is 1. The number of carboxylic acid groups (broad SMARTS) is 1. The van der Waals surface area contributed by atoms with Crippen molar-refractivity contribution in [2.24, 2.45) is 0 Å². The molecule has 0 heterocycles. The maximum absolute atomic E-state index is 12.5. The van der Waals surface area contributed by atoms with Crippen molar-refractivity contribution in [3.05, 3.63) is 88.5 Å². The van der Waals surface area contributed by atoms with Gasteiger partial charge in [0.2, 0.25) is 0 Å². The van der Waals surface area contributed by atoms with Crippen LogP contribution >= 0.6 is 0 Å². The van der Waals surface area contributed by atoms with Crippen LogP contribution in [0.2, 0.25) is 0 Å². The number of benzene rings is 3. The molecule has 4 N–H and O–H groups in total. The van der Waals surface area contributed by atoms with Crippen molar-refractivity contribution in [3.63, 3.8) is 0 Å². The summed E-state index contributed by atoms with van der Waals surface area (Å²) in [5.41, 5.74) is 6.73. The van der Waals surface area contributed by atoms with Crippen molar-refractivity contribution in [1.82, 2.24) is 10.6 Å². The number of phenols is 1. The minimum absolute atomic E-state index is 0.0947. The second-order valence-electron chi connectivity index (χ2n) is 13.0. The first-order valence-corrected chi connectivity index (χ1v) is 16.7. The second-order valence-corrected chi connectivity index (χ2v) is 13.0. The summed E-state index contributed by atoms with van der Waals surface area (Å²) in [6, 6.07) is 19.8. The van der Waals surface area contributed by atoms with Gasteiger partial charge in [-0.3, -0.25) is 0 Å². The van der Waals surface area contributed by atoms with E-state index in [1.54, 1.807) is 26.0 Å². The third kappa shape index (κ3) is 8.46. The van der Waals surface area contributed by atoms with E-state index in [0.717, 1.165) is 51.0 Å². The van der Waals surface area contributed by atoms with E-state index in [2.05, 4.69) is 22.8 Å². The SMILES string of the molecule is C1CCC(NC2CCCCC2)CC1.Cc1cc(O)cc(C)c1C[C@@H](NC(=O)OCC1c2ccccc2-c2ccccc21)C(=O)O. The number of fused-ring (bicyclic) bond motifs is 3. The molecule has 0 radical (unpaired) electrons. The minimum Gasteiger partial charge on any atom is -0.508 e. The number of nitrogens with one attached hydrogen (secondary N) is 2.